The van der Waals surface area contributed by atoms with Gasteiger partial charge >= 0.3 is 0 Å². The highest BCUT2D eigenvalue weighted by Gasteiger charge is 2.18. The molecule has 8 nitrogen and oxygen atoms in total. The van der Waals surface area contributed by atoms with Gasteiger partial charge in [-0.1, -0.05) is 11.3 Å². The number of ether oxygens (including phenoxy) is 2. The van der Waals surface area contributed by atoms with Gasteiger partial charge in [0, 0.05) is 18.8 Å². The lowest BCUT2D eigenvalue weighted by molar-refractivity contribution is -0.135. The molecule has 1 saturated heterocycles. The summed E-state index contributed by atoms with van der Waals surface area (Å²) in [6.07, 6.45) is 2.10. The quantitative estimate of drug-likeness (QED) is 0.794. The minimum Gasteiger partial charge on any atom is -0.497 e. The van der Waals surface area contributed by atoms with Crippen molar-refractivity contribution in [3.05, 3.63) is 34.3 Å². The number of hydrogen-bond acceptors (Lipinski definition) is 7. The minimum absolute atomic E-state index is 0.00973. The fraction of sp³-hybridized carbons (Fsp3) is 0.412. The standard InChI is InChI=1S/C17H20N4O4S/c1-24-13-6-4-12(5-7-13)18-16(23)17-20-19-14(26-17)10-25-11-15(22)21-8-2-3-9-21/h4-7H,2-3,8-11H2,1H3,(H,18,23). The summed E-state index contributed by atoms with van der Waals surface area (Å²) >= 11 is 1.14. The zero-order valence-electron chi connectivity index (χ0n) is 14.4. The van der Waals surface area contributed by atoms with E-state index < -0.39 is 0 Å². The van der Waals surface area contributed by atoms with E-state index in [1.807, 2.05) is 0 Å². The first-order valence-electron chi connectivity index (χ1n) is 8.29. The Morgan fingerprint density at radius 2 is 1.92 bits per heavy atom. The normalized spacial score (nSPS) is 13.7. The molecule has 1 aromatic heterocycles. The van der Waals surface area contributed by atoms with E-state index in [-0.39, 0.29) is 30.0 Å². The van der Waals surface area contributed by atoms with E-state index in [0.29, 0.717) is 16.4 Å². The van der Waals surface area contributed by atoms with Crippen molar-refractivity contribution in [2.75, 3.05) is 32.1 Å². The van der Waals surface area contributed by atoms with Crippen LogP contribution in [0.3, 0.4) is 0 Å². The molecule has 3 rings (SSSR count). The molecule has 0 saturated carbocycles. The topological polar surface area (TPSA) is 93.6 Å². The molecular weight excluding hydrogens is 356 g/mol. The number of likely N-dealkylation sites (tertiary alicyclic amines) is 1. The molecule has 1 fully saturated rings. The maximum atomic E-state index is 12.2. The summed E-state index contributed by atoms with van der Waals surface area (Å²) in [5.41, 5.74) is 0.639. The lowest BCUT2D eigenvalue weighted by atomic mass is 10.3. The van der Waals surface area contributed by atoms with Gasteiger partial charge in [-0.2, -0.15) is 0 Å². The van der Waals surface area contributed by atoms with Crippen LogP contribution in [0, 0.1) is 0 Å². The summed E-state index contributed by atoms with van der Waals surface area (Å²) in [7, 11) is 1.58. The number of nitrogens with zero attached hydrogens (tertiary/aromatic N) is 3. The van der Waals surface area contributed by atoms with Crippen molar-refractivity contribution in [2.24, 2.45) is 0 Å². The SMILES string of the molecule is COc1ccc(NC(=O)c2nnc(COCC(=O)N3CCCC3)s2)cc1. The summed E-state index contributed by atoms with van der Waals surface area (Å²) in [5.74, 6) is 0.360. The molecule has 1 aliphatic heterocycles. The number of carbonyl (C=O) groups is 2. The molecule has 2 heterocycles. The third-order valence-electron chi connectivity index (χ3n) is 3.92. The number of carbonyl (C=O) groups excluding carboxylic acids is 2. The molecule has 0 aliphatic carbocycles. The summed E-state index contributed by atoms with van der Waals surface area (Å²) < 4.78 is 10.5. The van der Waals surface area contributed by atoms with E-state index in [1.165, 1.54) is 0 Å². The van der Waals surface area contributed by atoms with E-state index in [0.717, 1.165) is 37.3 Å². The van der Waals surface area contributed by atoms with Gasteiger partial charge in [0.25, 0.3) is 5.91 Å². The fourth-order valence-electron chi connectivity index (χ4n) is 2.55. The van der Waals surface area contributed by atoms with Gasteiger partial charge in [0.05, 0.1) is 7.11 Å². The molecule has 138 valence electrons. The third kappa shape index (κ3) is 4.77. The predicted octanol–water partition coefficient (Wildman–Crippen LogP) is 1.94. The second kappa shape index (κ2) is 8.72. The molecule has 1 aromatic carbocycles. The molecular formula is C17H20N4O4S. The molecule has 1 aliphatic rings. The zero-order chi connectivity index (χ0) is 18.4. The third-order valence-corrected chi connectivity index (χ3v) is 4.81. The molecule has 0 spiro atoms. The van der Waals surface area contributed by atoms with Crippen molar-refractivity contribution in [1.29, 1.82) is 0 Å². The van der Waals surface area contributed by atoms with Crippen LogP contribution in [0.1, 0.15) is 27.7 Å². The Bertz CT molecular complexity index is 756. The second-order valence-corrected chi connectivity index (χ2v) is 6.83. The number of rotatable bonds is 7. The monoisotopic (exact) mass is 376 g/mol. The van der Waals surface area contributed by atoms with Crippen molar-refractivity contribution in [1.82, 2.24) is 15.1 Å². The van der Waals surface area contributed by atoms with Crippen LogP contribution in [-0.4, -0.2) is 53.7 Å². The van der Waals surface area contributed by atoms with E-state index in [1.54, 1.807) is 36.3 Å². The number of anilines is 1. The average Bonchev–Trinajstić information content (AvgIpc) is 3.34. The number of hydrogen-bond donors (Lipinski definition) is 1. The summed E-state index contributed by atoms with van der Waals surface area (Å²) in [5, 5.41) is 11.4. The molecule has 26 heavy (non-hydrogen) atoms. The van der Waals surface area contributed by atoms with Crippen molar-refractivity contribution in [2.45, 2.75) is 19.4 Å². The largest absolute Gasteiger partial charge is 0.497 e. The van der Waals surface area contributed by atoms with Crippen LogP contribution >= 0.6 is 11.3 Å². The molecule has 2 aromatic rings. The van der Waals surface area contributed by atoms with Crippen LogP contribution in [0.15, 0.2) is 24.3 Å². The first-order valence-corrected chi connectivity index (χ1v) is 9.10. The van der Waals surface area contributed by atoms with E-state index in [4.69, 9.17) is 9.47 Å². The maximum Gasteiger partial charge on any atom is 0.286 e. The fourth-order valence-corrected chi connectivity index (χ4v) is 3.22. The van der Waals surface area contributed by atoms with Crippen LogP contribution in [0.4, 0.5) is 5.69 Å². The highest BCUT2D eigenvalue weighted by atomic mass is 32.1. The molecule has 0 bridgehead atoms. The van der Waals surface area contributed by atoms with Gasteiger partial charge in [0.2, 0.25) is 10.9 Å². The first kappa shape index (κ1) is 18.3. The molecule has 0 unspecified atom stereocenters. The Morgan fingerprint density at radius 3 is 2.62 bits per heavy atom. The number of benzene rings is 1. The second-order valence-electron chi connectivity index (χ2n) is 5.76. The van der Waals surface area contributed by atoms with Gasteiger partial charge in [-0.05, 0) is 37.1 Å². The lowest BCUT2D eigenvalue weighted by Gasteiger charge is -2.14. The average molecular weight is 376 g/mol. The molecule has 0 atom stereocenters. The van der Waals surface area contributed by atoms with E-state index in [2.05, 4.69) is 15.5 Å². The Balaban J connectivity index is 1.47. The van der Waals surface area contributed by atoms with Gasteiger partial charge in [0.15, 0.2) is 0 Å². The first-order chi connectivity index (χ1) is 12.7. The summed E-state index contributed by atoms with van der Waals surface area (Å²) in [6.45, 7) is 1.79. The minimum atomic E-state index is -0.341. The highest BCUT2D eigenvalue weighted by Crippen LogP contribution is 2.17. The van der Waals surface area contributed by atoms with Crippen LogP contribution in [-0.2, 0) is 16.1 Å². The molecule has 0 radical (unpaired) electrons. The Hall–Kier alpha value is -2.52. The van der Waals surface area contributed by atoms with Crippen molar-refractivity contribution < 1.29 is 19.1 Å². The van der Waals surface area contributed by atoms with E-state index >= 15 is 0 Å². The Kier molecular flexibility index (Phi) is 6.13. The highest BCUT2D eigenvalue weighted by molar-refractivity contribution is 7.13. The number of amides is 2. The van der Waals surface area contributed by atoms with Gasteiger partial charge in [0.1, 0.15) is 24.0 Å². The van der Waals surface area contributed by atoms with Crippen molar-refractivity contribution in [3.63, 3.8) is 0 Å². The van der Waals surface area contributed by atoms with Crippen LogP contribution in [0.2, 0.25) is 0 Å². The maximum absolute atomic E-state index is 12.2. The molecule has 2 amide bonds. The Labute approximate surface area is 155 Å². The van der Waals surface area contributed by atoms with Gasteiger partial charge < -0.3 is 19.7 Å². The Morgan fingerprint density at radius 1 is 1.19 bits per heavy atom. The zero-order valence-corrected chi connectivity index (χ0v) is 15.3. The summed E-state index contributed by atoms with van der Waals surface area (Å²) in [6, 6.07) is 7.00. The van der Waals surface area contributed by atoms with Crippen LogP contribution in [0.5, 0.6) is 5.75 Å². The molecule has 9 heteroatoms. The van der Waals surface area contributed by atoms with Gasteiger partial charge in [-0.3, -0.25) is 9.59 Å². The van der Waals surface area contributed by atoms with Crippen LogP contribution in [0.25, 0.3) is 0 Å². The van der Waals surface area contributed by atoms with Gasteiger partial charge in [-0.25, -0.2) is 0 Å². The van der Waals surface area contributed by atoms with E-state index in [9.17, 15) is 9.59 Å². The van der Waals surface area contributed by atoms with Gasteiger partial charge in [-0.15, -0.1) is 10.2 Å². The smallest absolute Gasteiger partial charge is 0.286 e. The van der Waals surface area contributed by atoms with Crippen LogP contribution < -0.4 is 10.1 Å². The predicted molar refractivity (Wildman–Crippen MR) is 96.3 cm³/mol. The van der Waals surface area contributed by atoms with Crippen molar-refractivity contribution in [3.8, 4) is 5.75 Å². The number of methoxy groups -OCH3 is 1. The molecule has 1 N–H and O–H groups in total. The number of aromatic nitrogens is 2. The number of nitrogens with one attached hydrogen (secondary N) is 1. The van der Waals surface area contributed by atoms with Crippen molar-refractivity contribution >= 4 is 28.8 Å². The lowest BCUT2D eigenvalue weighted by Crippen LogP contribution is -2.31. The summed E-state index contributed by atoms with van der Waals surface area (Å²) in [4.78, 5) is 25.9.